The van der Waals surface area contributed by atoms with Gasteiger partial charge in [0.15, 0.2) is 0 Å². The molecule has 0 aliphatic carbocycles. The van der Waals surface area contributed by atoms with E-state index in [0.717, 1.165) is 26.0 Å². The number of hydrogen-bond acceptors (Lipinski definition) is 2. The first-order valence-electron chi connectivity index (χ1n) is 5.16. The molecule has 0 bridgehead atoms. The fraction of sp³-hybridized carbons (Fsp3) is 0.727. The molecule has 3 nitrogen and oxygen atoms in total. The molecule has 0 spiro atoms. The maximum Gasteiger partial charge on any atom is 0.246 e. The fourth-order valence-corrected chi connectivity index (χ4v) is 1.36. The van der Waals surface area contributed by atoms with E-state index in [1.807, 2.05) is 11.8 Å². The van der Waals surface area contributed by atoms with Crippen LogP contribution in [0, 0.1) is 0 Å². The molecule has 1 amide bonds. The fourth-order valence-electron chi connectivity index (χ4n) is 1.36. The number of nitrogens with zero attached hydrogens (tertiary/aromatic N) is 1. The third kappa shape index (κ3) is 3.14. The van der Waals surface area contributed by atoms with Crippen molar-refractivity contribution in [2.45, 2.75) is 32.3 Å². The highest BCUT2D eigenvalue weighted by Crippen LogP contribution is 2.27. The van der Waals surface area contributed by atoms with Crippen LogP contribution in [-0.4, -0.2) is 36.1 Å². The van der Waals surface area contributed by atoms with Crippen molar-refractivity contribution >= 4 is 5.91 Å². The normalized spacial score (nSPS) is 24.4. The van der Waals surface area contributed by atoms with E-state index in [9.17, 15) is 4.79 Å². The van der Waals surface area contributed by atoms with Gasteiger partial charge in [0.1, 0.15) is 5.60 Å². The van der Waals surface area contributed by atoms with E-state index in [-0.39, 0.29) is 11.5 Å². The van der Waals surface area contributed by atoms with Crippen LogP contribution in [0.4, 0.5) is 0 Å². The van der Waals surface area contributed by atoms with Crippen LogP contribution in [0.15, 0.2) is 12.7 Å². The molecule has 1 fully saturated rings. The highest BCUT2D eigenvalue weighted by atomic mass is 16.6. The molecule has 1 aliphatic heterocycles. The summed E-state index contributed by atoms with van der Waals surface area (Å²) in [6.45, 7) is 9.92. The Morgan fingerprint density at radius 3 is 2.79 bits per heavy atom. The first-order chi connectivity index (χ1) is 6.61. The smallest absolute Gasteiger partial charge is 0.246 e. The van der Waals surface area contributed by atoms with Crippen LogP contribution in [0.5, 0.6) is 0 Å². The molecule has 3 heteroatoms. The Kier molecular flexibility index (Phi) is 3.69. The molecule has 1 aliphatic rings. The quantitative estimate of drug-likeness (QED) is 0.478. The van der Waals surface area contributed by atoms with Crippen LogP contribution < -0.4 is 0 Å². The second kappa shape index (κ2) is 4.60. The van der Waals surface area contributed by atoms with Gasteiger partial charge in [0.2, 0.25) is 5.91 Å². The Bertz CT molecular complexity index is 221. The van der Waals surface area contributed by atoms with E-state index in [1.54, 1.807) is 0 Å². The summed E-state index contributed by atoms with van der Waals surface area (Å²) in [5, 5.41) is 0. The van der Waals surface area contributed by atoms with Gasteiger partial charge >= 0.3 is 0 Å². The summed E-state index contributed by atoms with van der Waals surface area (Å²) >= 11 is 0. The lowest BCUT2D eigenvalue weighted by Gasteiger charge is -2.22. The molecule has 0 N–H and O–H groups in total. The summed E-state index contributed by atoms with van der Waals surface area (Å²) in [7, 11) is 0. The first-order valence-corrected chi connectivity index (χ1v) is 5.16. The molecular weight excluding hydrogens is 178 g/mol. The minimum atomic E-state index is -0.0909. The predicted molar refractivity (Wildman–Crippen MR) is 56.0 cm³/mol. The van der Waals surface area contributed by atoms with Crippen molar-refractivity contribution < 1.29 is 9.53 Å². The number of amides is 1. The lowest BCUT2D eigenvalue weighted by atomic mass is 10.2. The molecule has 1 unspecified atom stereocenters. The van der Waals surface area contributed by atoms with Gasteiger partial charge in [-0.2, -0.15) is 0 Å². The summed E-state index contributed by atoms with van der Waals surface area (Å²) in [4.78, 5) is 13.3. The van der Waals surface area contributed by atoms with Crippen molar-refractivity contribution in [3.63, 3.8) is 0 Å². The number of carbonyl (C=O) groups is 1. The third-order valence-electron chi connectivity index (χ3n) is 2.43. The van der Waals surface area contributed by atoms with Crippen molar-refractivity contribution in [2.24, 2.45) is 0 Å². The third-order valence-corrected chi connectivity index (χ3v) is 2.43. The Labute approximate surface area is 85.7 Å². The predicted octanol–water partition coefficient (Wildman–Crippen LogP) is 1.59. The van der Waals surface area contributed by atoms with Gasteiger partial charge in [-0.25, -0.2) is 0 Å². The zero-order valence-corrected chi connectivity index (χ0v) is 9.08. The van der Waals surface area contributed by atoms with Crippen LogP contribution in [0.3, 0.4) is 0 Å². The Balaban J connectivity index is 2.43. The minimum absolute atomic E-state index is 0.00942. The van der Waals surface area contributed by atoms with Gasteiger partial charge in [0.25, 0.3) is 0 Å². The minimum Gasteiger partial charge on any atom is -0.368 e. The molecule has 0 radical (unpaired) electrons. The summed E-state index contributed by atoms with van der Waals surface area (Å²) in [5.74, 6) is 0.00942. The van der Waals surface area contributed by atoms with E-state index in [2.05, 4.69) is 13.5 Å². The van der Waals surface area contributed by atoms with Crippen molar-refractivity contribution in [1.29, 1.82) is 0 Å². The Morgan fingerprint density at radius 2 is 2.36 bits per heavy atom. The van der Waals surface area contributed by atoms with Crippen LogP contribution in [-0.2, 0) is 9.53 Å². The highest BCUT2D eigenvalue weighted by molar-refractivity contribution is 5.87. The molecule has 0 aromatic rings. The second-order valence-corrected chi connectivity index (χ2v) is 4.06. The number of unbranched alkanes of at least 4 members (excludes halogenated alkanes) is 1. The Hall–Kier alpha value is -0.830. The second-order valence-electron chi connectivity index (χ2n) is 4.06. The number of ether oxygens (including phenoxy) is 1. The van der Waals surface area contributed by atoms with E-state index in [1.165, 1.54) is 6.08 Å². The lowest BCUT2D eigenvalue weighted by molar-refractivity contribution is -0.126. The number of rotatable bonds is 6. The van der Waals surface area contributed by atoms with Gasteiger partial charge in [0.05, 0.1) is 13.2 Å². The standard InChI is InChI=1S/C11H19NO2/c1-4-6-7-12(10(13)5-2)8-11(3)9-14-11/h5H,2,4,6-9H2,1,3H3. The maximum absolute atomic E-state index is 11.5. The van der Waals surface area contributed by atoms with Gasteiger partial charge < -0.3 is 9.64 Å². The molecular formula is C11H19NO2. The molecule has 1 atom stereocenters. The van der Waals surface area contributed by atoms with Crippen LogP contribution in [0.1, 0.15) is 26.7 Å². The van der Waals surface area contributed by atoms with Gasteiger partial charge in [-0.3, -0.25) is 4.79 Å². The van der Waals surface area contributed by atoms with Gasteiger partial charge in [-0.1, -0.05) is 19.9 Å². The monoisotopic (exact) mass is 197 g/mol. The number of epoxide rings is 1. The van der Waals surface area contributed by atoms with Crippen LogP contribution >= 0.6 is 0 Å². The molecule has 1 heterocycles. The molecule has 1 rings (SSSR count). The molecule has 0 aromatic carbocycles. The molecule has 0 aromatic heterocycles. The maximum atomic E-state index is 11.5. The SMILES string of the molecule is C=CC(=O)N(CCCC)CC1(C)CO1. The summed E-state index contributed by atoms with van der Waals surface area (Å²) < 4.78 is 5.27. The van der Waals surface area contributed by atoms with Crippen LogP contribution in [0.25, 0.3) is 0 Å². The zero-order chi connectivity index (χ0) is 10.6. The van der Waals surface area contributed by atoms with Gasteiger partial charge in [0, 0.05) is 6.54 Å². The van der Waals surface area contributed by atoms with Crippen molar-refractivity contribution in [3.8, 4) is 0 Å². The van der Waals surface area contributed by atoms with Gasteiger partial charge in [-0.15, -0.1) is 0 Å². The van der Waals surface area contributed by atoms with Crippen LogP contribution in [0.2, 0.25) is 0 Å². The van der Waals surface area contributed by atoms with Gasteiger partial charge in [-0.05, 0) is 19.4 Å². The number of carbonyl (C=O) groups excluding carboxylic acids is 1. The molecule has 1 saturated heterocycles. The summed E-state index contributed by atoms with van der Waals surface area (Å²) in [6.07, 6.45) is 3.51. The van der Waals surface area contributed by atoms with E-state index in [4.69, 9.17) is 4.74 Å². The highest BCUT2D eigenvalue weighted by Gasteiger charge is 2.41. The largest absolute Gasteiger partial charge is 0.368 e. The van der Waals surface area contributed by atoms with Crippen molar-refractivity contribution in [2.75, 3.05) is 19.7 Å². The van der Waals surface area contributed by atoms with E-state index in [0.29, 0.717) is 6.54 Å². The summed E-state index contributed by atoms with van der Waals surface area (Å²) in [5.41, 5.74) is -0.0909. The average molecular weight is 197 g/mol. The molecule has 80 valence electrons. The Morgan fingerprint density at radius 1 is 1.71 bits per heavy atom. The summed E-state index contributed by atoms with van der Waals surface area (Å²) in [6, 6.07) is 0. The lowest BCUT2D eigenvalue weighted by Crippen LogP contribution is -2.37. The molecule has 0 saturated carbocycles. The average Bonchev–Trinajstić information content (AvgIpc) is 2.90. The van der Waals surface area contributed by atoms with Crippen molar-refractivity contribution in [1.82, 2.24) is 4.90 Å². The van der Waals surface area contributed by atoms with E-state index >= 15 is 0 Å². The van der Waals surface area contributed by atoms with Crippen molar-refractivity contribution in [3.05, 3.63) is 12.7 Å². The first kappa shape index (κ1) is 11.2. The molecule has 14 heavy (non-hydrogen) atoms. The zero-order valence-electron chi connectivity index (χ0n) is 9.08. The van der Waals surface area contributed by atoms with E-state index < -0.39 is 0 Å². The topological polar surface area (TPSA) is 32.8 Å². The number of hydrogen-bond donors (Lipinski definition) is 0.